The number of methoxy groups -OCH3 is 2. The number of benzene rings is 1. The summed E-state index contributed by atoms with van der Waals surface area (Å²) in [5.74, 6) is 1.13. The molecule has 1 aromatic rings. The van der Waals surface area contributed by atoms with Gasteiger partial charge in [-0.25, -0.2) is 0 Å². The number of hydrogen-bond donors (Lipinski definition) is 0. The van der Waals surface area contributed by atoms with Crippen molar-refractivity contribution in [3.63, 3.8) is 0 Å². The predicted octanol–water partition coefficient (Wildman–Crippen LogP) is -0.709. The molecule has 1 rings (SSSR count). The molecule has 0 N–H and O–H groups in total. The Morgan fingerprint density at radius 3 is 1.50 bits per heavy atom. The Labute approximate surface area is 74.7 Å². The van der Waals surface area contributed by atoms with Crippen molar-refractivity contribution in [2.24, 2.45) is 0 Å². The summed E-state index contributed by atoms with van der Waals surface area (Å²) in [5.41, 5.74) is 1.03. The van der Waals surface area contributed by atoms with Gasteiger partial charge in [0.05, 0.1) is 14.2 Å². The fraction of sp³-hybridized carbons (Fsp3) is 0.250. The van der Waals surface area contributed by atoms with Crippen molar-refractivity contribution in [3.8, 4) is 11.5 Å². The summed E-state index contributed by atoms with van der Waals surface area (Å²) in [6.07, 6.45) is 0. The zero-order valence-corrected chi connectivity index (χ0v) is 7.13. The Morgan fingerprint density at radius 2 is 1.25 bits per heavy atom. The lowest BCUT2D eigenvalue weighted by molar-refractivity contribution is 0.409. The molecule has 0 spiro atoms. The van der Waals surface area contributed by atoms with Crippen LogP contribution in [0.3, 0.4) is 0 Å². The summed E-state index contributed by atoms with van der Waals surface area (Å²) in [5, 5.41) is 0. The molecule has 2 nitrogen and oxygen atoms in total. The van der Waals surface area contributed by atoms with E-state index in [9.17, 15) is 0 Å². The van der Waals surface area contributed by atoms with Gasteiger partial charge in [0.2, 0.25) is 0 Å². The van der Waals surface area contributed by atoms with E-state index in [0.717, 1.165) is 0 Å². The van der Waals surface area contributed by atoms with Gasteiger partial charge in [0, 0.05) is 0 Å². The van der Waals surface area contributed by atoms with Crippen LogP contribution in [0, 0.1) is 0 Å². The molecule has 0 bridgehead atoms. The molecule has 0 aromatic heterocycles. The van der Waals surface area contributed by atoms with Crippen LogP contribution in [0.25, 0.3) is 0 Å². The third-order valence-corrected chi connectivity index (χ3v) is 1.58. The molecular formula is C8H8B2O2. The van der Waals surface area contributed by atoms with Gasteiger partial charge in [0.1, 0.15) is 27.2 Å². The predicted molar refractivity (Wildman–Crippen MR) is 50.3 cm³/mol. The third-order valence-electron chi connectivity index (χ3n) is 1.58. The summed E-state index contributed by atoms with van der Waals surface area (Å²) < 4.78 is 9.93. The van der Waals surface area contributed by atoms with Crippen molar-refractivity contribution >= 4 is 26.6 Å². The van der Waals surface area contributed by atoms with Crippen LogP contribution < -0.4 is 20.4 Å². The molecule has 12 heavy (non-hydrogen) atoms. The third kappa shape index (κ3) is 1.58. The van der Waals surface area contributed by atoms with E-state index in [0.29, 0.717) is 22.4 Å². The molecule has 0 saturated carbocycles. The summed E-state index contributed by atoms with van der Waals surface area (Å²) >= 11 is 0. The second-order valence-corrected chi connectivity index (χ2v) is 2.34. The Morgan fingerprint density at radius 1 is 0.917 bits per heavy atom. The maximum atomic E-state index is 5.62. The standard InChI is InChI=1S/C8H8B2O2/c1-11-7-3-6(10)8(12-2)4-5(7)9/h3-4H,1-2H3. The Bertz CT molecular complexity index is 257. The molecule has 0 amide bonds. The van der Waals surface area contributed by atoms with Crippen molar-refractivity contribution in [3.05, 3.63) is 12.1 Å². The van der Waals surface area contributed by atoms with Gasteiger partial charge in [-0.15, -0.1) is 0 Å². The van der Waals surface area contributed by atoms with Crippen molar-refractivity contribution < 1.29 is 9.47 Å². The number of rotatable bonds is 2. The van der Waals surface area contributed by atoms with E-state index >= 15 is 0 Å². The number of hydrogen-bond acceptors (Lipinski definition) is 2. The normalized spacial score (nSPS) is 9.50. The minimum Gasteiger partial charge on any atom is -0.497 e. The van der Waals surface area contributed by atoms with Crippen LogP contribution in [0.15, 0.2) is 12.1 Å². The van der Waals surface area contributed by atoms with Crippen LogP contribution >= 0.6 is 0 Å². The maximum Gasteiger partial charge on any atom is 0.119 e. The molecule has 4 heteroatoms. The molecule has 0 aliphatic carbocycles. The summed E-state index contributed by atoms with van der Waals surface area (Å²) in [7, 11) is 14.3. The molecule has 0 aliphatic rings. The van der Waals surface area contributed by atoms with Crippen molar-refractivity contribution in [1.29, 1.82) is 0 Å². The average molecular weight is 158 g/mol. The highest BCUT2D eigenvalue weighted by atomic mass is 16.5. The Hall–Kier alpha value is -1.05. The van der Waals surface area contributed by atoms with Crippen LogP contribution in [0.5, 0.6) is 11.5 Å². The Balaban J connectivity index is 3.16. The van der Waals surface area contributed by atoms with Crippen LogP contribution in [0.4, 0.5) is 0 Å². The first-order valence-electron chi connectivity index (χ1n) is 3.46. The number of ether oxygens (including phenoxy) is 2. The highest BCUT2D eigenvalue weighted by Crippen LogP contribution is 2.10. The van der Waals surface area contributed by atoms with E-state index < -0.39 is 0 Å². The van der Waals surface area contributed by atoms with Crippen molar-refractivity contribution in [2.75, 3.05) is 14.2 Å². The van der Waals surface area contributed by atoms with Crippen molar-refractivity contribution in [1.82, 2.24) is 0 Å². The van der Waals surface area contributed by atoms with Gasteiger partial charge in [0.15, 0.2) is 0 Å². The van der Waals surface area contributed by atoms with Crippen LogP contribution in [0.2, 0.25) is 0 Å². The molecule has 0 saturated heterocycles. The molecule has 0 unspecified atom stereocenters. The minimum atomic E-state index is 0.517. The minimum absolute atomic E-state index is 0.517. The van der Waals surface area contributed by atoms with E-state index in [2.05, 4.69) is 0 Å². The molecule has 0 fully saturated rings. The molecule has 0 heterocycles. The van der Waals surface area contributed by atoms with Gasteiger partial charge >= 0.3 is 0 Å². The molecule has 4 radical (unpaired) electrons. The monoisotopic (exact) mass is 158 g/mol. The van der Waals surface area contributed by atoms with E-state index in [1.165, 1.54) is 14.2 Å². The zero-order chi connectivity index (χ0) is 9.14. The topological polar surface area (TPSA) is 18.5 Å². The average Bonchev–Trinajstić information content (AvgIpc) is 2.08. The fourth-order valence-electron chi connectivity index (χ4n) is 0.945. The van der Waals surface area contributed by atoms with Gasteiger partial charge in [0.25, 0.3) is 0 Å². The zero-order valence-electron chi connectivity index (χ0n) is 7.13. The van der Waals surface area contributed by atoms with E-state index in [1.54, 1.807) is 12.1 Å². The summed E-state index contributed by atoms with van der Waals surface area (Å²) in [4.78, 5) is 0. The quantitative estimate of drug-likeness (QED) is 0.529. The fourth-order valence-corrected chi connectivity index (χ4v) is 0.945. The smallest absolute Gasteiger partial charge is 0.119 e. The highest BCUT2D eigenvalue weighted by molar-refractivity contribution is 6.38. The van der Waals surface area contributed by atoms with Crippen molar-refractivity contribution in [2.45, 2.75) is 0 Å². The van der Waals surface area contributed by atoms with E-state index in [-0.39, 0.29) is 0 Å². The van der Waals surface area contributed by atoms with Crippen LogP contribution in [0.1, 0.15) is 0 Å². The van der Waals surface area contributed by atoms with Gasteiger partial charge in [-0.05, 0) is 12.1 Å². The first-order chi connectivity index (χ1) is 5.69. The SMILES string of the molecule is [B]c1cc(OC)c([B])cc1OC. The summed E-state index contributed by atoms with van der Waals surface area (Å²) in [6.45, 7) is 0. The highest BCUT2D eigenvalue weighted by Gasteiger charge is 2.02. The first kappa shape index (κ1) is 9.04. The maximum absolute atomic E-state index is 5.62. The summed E-state index contributed by atoms with van der Waals surface area (Å²) in [6, 6.07) is 3.27. The lowest BCUT2D eigenvalue weighted by Crippen LogP contribution is -2.16. The first-order valence-corrected chi connectivity index (χ1v) is 3.46. The molecule has 0 atom stereocenters. The largest absolute Gasteiger partial charge is 0.497 e. The second-order valence-electron chi connectivity index (χ2n) is 2.34. The van der Waals surface area contributed by atoms with Crippen LogP contribution in [-0.2, 0) is 0 Å². The van der Waals surface area contributed by atoms with Gasteiger partial charge in [-0.3, -0.25) is 0 Å². The lowest BCUT2D eigenvalue weighted by atomic mass is 9.87. The molecule has 0 aliphatic heterocycles. The second kappa shape index (κ2) is 3.57. The Kier molecular flexibility index (Phi) is 2.69. The van der Waals surface area contributed by atoms with Gasteiger partial charge in [-0.1, -0.05) is 10.9 Å². The van der Waals surface area contributed by atoms with Gasteiger partial charge in [-0.2, -0.15) is 0 Å². The molecule has 58 valence electrons. The van der Waals surface area contributed by atoms with Crippen LogP contribution in [-0.4, -0.2) is 29.9 Å². The van der Waals surface area contributed by atoms with E-state index in [1.807, 2.05) is 0 Å². The molecule has 1 aromatic carbocycles. The molecular weight excluding hydrogens is 150 g/mol. The lowest BCUT2D eigenvalue weighted by Gasteiger charge is -2.10. The van der Waals surface area contributed by atoms with Gasteiger partial charge < -0.3 is 9.47 Å². The van der Waals surface area contributed by atoms with E-state index in [4.69, 9.17) is 25.2 Å².